The third-order valence-corrected chi connectivity index (χ3v) is 3.42. The molecular formula is C12H15N4O4S+. The van der Waals surface area contributed by atoms with E-state index in [0.717, 1.165) is 12.7 Å². The number of aryl methyl sites for hydroxylation is 1. The molecule has 0 atom stereocenters. The molecule has 0 amide bonds. The van der Waals surface area contributed by atoms with Gasteiger partial charge in [-0.15, -0.1) is 0 Å². The largest absolute Gasteiger partial charge is 0.399 e. The van der Waals surface area contributed by atoms with E-state index in [-0.39, 0.29) is 6.61 Å². The molecule has 2 aromatic heterocycles. The minimum absolute atomic E-state index is 0.0361. The molecule has 0 radical (unpaired) electrons. The zero-order valence-corrected chi connectivity index (χ0v) is 12.2. The summed E-state index contributed by atoms with van der Waals surface area (Å²) in [5.74, 6) is 0.603. The lowest BCUT2D eigenvalue weighted by Gasteiger charge is -2.00. The predicted octanol–water partition coefficient (Wildman–Crippen LogP) is 0.124. The van der Waals surface area contributed by atoms with Crippen LogP contribution in [0.25, 0.3) is 11.4 Å². The van der Waals surface area contributed by atoms with Crippen molar-refractivity contribution in [3.05, 3.63) is 36.9 Å². The average Bonchev–Trinajstić information content (AvgIpc) is 2.53. The van der Waals surface area contributed by atoms with E-state index >= 15 is 0 Å². The Balaban J connectivity index is 1.86. The Labute approximate surface area is 122 Å². The van der Waals surface area contributed by atoms with Gasteiger partial charge in [-0.25, -0.2) is 14.2 Å². The SMILES string of the molecule is COS(=O)(=O)OCCC[n+]1ccc(-c2ncccn2)cn1. The van der Waals surface area contributed by atoms with E-state index in [1.54, 1.807) is 35.5 Å². The molecule has 0 fully saturated rings. The van der Waals surface area contributed by atoms with Crippen LogP contribution in [-0.2, 0) is 25.3 Å². The Morgan fingerprint density at radius 1 is 1.29 bits per heavy atom. The maximum Gasteiger partial charge on any atom is 0.399 e. The number of rotatable bonds is 7. The topological polar surface area (TPSA) is 95.2 Å². The molecule has 0 bridgehead atoms. The second-order valence-electron chi connectivity index (χ2n) is 4.00. The lowest BCUT2D eigenvalue weighted by atomic mass is 10.3. The summed E-state index contributed by atoms with van der Waals surface area (Å²) < 4.78 is 32.3. The van der Waals surface area contributed by atoms with Crippen molar-refractivity contribution in [3.63, 3.8) is 0 Å². The van der Waals surface area contributed by atoms with Gasteiger partial charge in [-0.05, 0) is 11.2 Å². The van der Waals surface area contributed by atoms with E-state index < -0.39 is 10.4 Å². The van der Waals surface area contributed by atoms with Gasteiger partial charge in [-0.3, -0.25) is 4.18 Å². The van der Waals surface area contributed by atoms with Crippen molar-refractivity contribution in [2.75, 3.05) is 13.7 Å². The van der Waals surface area contributed by atoms with Crippen LogP contribution in [0, 0.1) is 0 Å². The van der Waals surface area contributed by atoms with E-state index in [1.807, 2.05) is 6.07 Å². The van der Waals surface area contributed by atoms with Gasteiger partial charge >= 0.3 is 10.4 Å². The zero-order valence-electron chi connectivity index (χ0n) is 11.4. The molecule has 0 spiro atoms. The summed E-state index contributed by atoms with van der Waals surface area (Å²) in [5.41, 5.74) is 0.810. The van der Waals surface area contributed by atoms with Gasteiger partial charge in [0.1, 0.15) is 6.20 Å². The highest BCUT2D eigenvalue weighted by atomic mass is 32.3. The molecule has 9 heteroatoms. The molecule has 0 saturated carbocycles. The summed E-state index contributed by atoms with van der Waals surface area (Å²) in [4.78, 5) is 8.26. The van der Waals surface area contributed by atoms with Crippen molar-refractivity contribution in [1.82, 2.24) is 15.1 Å². The van der Waals surface area contributed by atoms with Crippen molar-refractivity contribution in [3.8, 4) is 11.4 Å². The molecule has 0 aliphatic rings. The van der Waals surface area contributed by atoms with Crippen LogP contribution in [0.5, 0.6) is 0 Å². The molecule has 0 aromatic carbocycles. The highest BCUT2D eigenvalue weighted by Crippen LogP contribution is 2.09. The van der Waals surface area contributed by atoms with Crippen LogP contribution in [0.1, 0.15) is 6.42 Å². The third-order valence-electron chi connectivity index (χ3n) is 2.56. The molecular weight excluding hydrogens is 296 g/mol. The number of hydrogen-bond acceptors (Lipinski definition) is 7. The van der Waals surface area contributed by atoms with Gasteiger partial charge in [0.05, 0.1) is 13.7 Å². The zero-order chi connectivity index (χ0) is 15.1. The fraction of sp³-hybridized carbons (Fsp3) is 0.333. The molecule has 0 N–H and O–H groups in total. The minimum Gasteiger partial charge on any atom is -0.252 e. The summed E-state index contributed by atoms with van der Waals surface area (Å²) in [6, 6.07) is 3.59. The van der Waals surface area contributed by atoms with Gasteiger partial charge < -0.3 is 0 Å². The summed E-state index contributed by atoms with van der Waals surface area (Å²) in [6.07, 6.45) is 7.24. The van der Waals surface area contributed by atoms with E-state index in [4.69, 9.17) is 0 Å². The summed E-state index contributed by atoms with van der Waals surface area (Å²) in [5, 5.41) is 4.21. The molecule has 2 rings (SSSR count). The molecule has 0 saturated heterocycles. The maximum absolute atomic E-state index is 10.9. The summed E-state index contributed by atoms with van der Waals surface area (Å²) >= 11 is 0. The number of aromatic nitrogens is 4. The molecule has 8 nitrogen and oxygen atoms in total. The summed E-state index contributed by atoms with van der Waals surface area (Å²) in [7, 11) is -2.81. The lowest BCUT2D eigenvalue weighted by Crippen LogP contribution is -2.37. The van der Waals surface area contributed by atoms with Crippen molar-refractivity contribution < 1.29 is 21.5 Å². The van der Waals surface area contributed by atoms with E-state index in [0.29, 0.717) is 18.8 Å². The minimum atomic E-state index is -3.86. The van der Waals surface area contributed by atoms with Gasteiger partial charge in [0.15, 0.2) is 18.6 Å². The van der Waals surface area contributed by atoms with Crippen molar-refractivity contribution in [1.29, 1.82) is 0 Å². The van der Waals surface area contributed by atoms with Gasteiger partial charge in [-0.2, -0.15) is 8.42 Å². The molecule has 0 unspecified atom stereocenters. The first-order valence-electron chi connectivity index (χ1n) is 6.19. The first kappa shape index (κ1) is 15.4. The smallest absolute Gasteiger partial charge is 0.252 e. The molecule has 2 aromatic rings. The van der Waals surface area contributed by atoms with Gasteiger partial charge in [-0.1, -0.05) is 4.68 Å². The quantitative estimate of drug-likeness (QED) is 0.529. The van der Waals surface area contributed by atoms with Crippen molar-refractivity contribution >= 4 is 10.4 Å². The lowest BCUT2D eigenvalue weighted by molar-refractivity contribution is -0.754. The molecule has 21 heavy (non-hydrogen) atoms. The number of hydrogen-bond donors (Lipinski definition) is 0. The Morgan fingerprint density at radius 2 is 2.05 bits per heavy atom. The van der Waals surface area contributed by atoms with Crippen LogP contribution < -0.4 is 4.68 Å². The van der Waals surface area contributed by atoms with E-state index in [2.05, 4.69) is 23.4 Å². The Bertz CT molecular complexity index is 661. The Hall–Kier alpha value is -1.97. The molecule has 2 heterocycles. The first-order valence-corrected chi connectivity index (χ1v) is 7.52. The fourth-order valence-electron chi connectivity index (χ4n) is 1.53. The van der Waals surface area contributed by atoms with Crippen LogP contribution in [0.4, 0.5) is 0 Å². The van der Waals surface area contributed by atoms with Crippen LogP contribution in [0.3, 0.4) is 0 Å². The van der Waals surface area contributed by atoms with Crippen LogP contribution in [0.2, 0.25) is 0 Å². The second-order valence-corrected chi connectivity index (χ2v) is 5.39. The molecule has 112 valence electrons. The van der Waals surface area contributed by atoms with Gasteiger partial charge in [0, 0.05) is 30.4 Å². The van der Waals surface area contributed by atoms with E-state index in [1.165, 1.54) is 0 Å². The predicted molar refractivity (Wildman–Crippen MR) is 72.0 cm³/mol. The fourth-order valence-corrected chi connectivity index (χ4v) is 1.95. The van der Waals surface area contributed by atoms with Crippen molar-refractivity contribution in [2.45, 2.75) is 13.0 Å². The van der Waals surface area contributed by atoms with Gasteiger partial charge in [0.2, 0.25) is 0 Å². The highest BCUT2D eigenvalue weighted by molar-refractivity contribution is 7.81. The van der Waals surface area contributed by atoms with Crippen molar-refractivity contribution in [2.24, 2.45) is 0 Å². The summed E-state index contributed by atoms with van der Waals surface area (Å²) in [6.45, 7) is 0.559. The second kappa shape index (κ2) is 7.16. The average molecular weight is 311 g/mol. The highest BCUT2D eigenvalue weighted by Gasteiger charge is 2.10. The normalized spacial score (nSPS) is 11.5. The van der Waals surface area contributed by atoms with Crippen LogP contribution in [-0.4, -0.2) is 37.2 Å². The van der Waals surface area contributed by atoms with Gasteiger partial charge in [0.25, 0.3) is 0 Å². The maximum atomic E-state index is 10.9. The Morgan fingerprint density at radius 3 is 2.67 bits per heavy atom. The Kier molecular flexibility index (Phi) is 5.26. The molecule has 0 aliphatic heterocycles. The first-order chi connectivity index (χ1) is 10.1. The third kappa shape index (κ3) is 4.81. The molecule has 0 aliphatic carbocycles. The van der Waals surface area contributed by atoms with E-state index in [9.17, 15) is 8.42 Å². The monoisotopic (exact) mass is 311 g/mol. The van der Waals surface area contributed by atoms with Crippen LogP contribution >= 0.6 is 0 Å². The number of nitrogens with zero attached hydrogens (tertiary/aromatic N) is 4. The standard InChI is InChI=1S/C12H15N4O4S/c1-19-21(17,18)20-9-3-7-16-8-4-11(10-15-16)12-13-5-2-6-14-12/h2,4-6,8,10H,3,7,9H2,1H3/q+1. The van der Waals surface area contributed by atoms with Crippen LogP contribution in [0.15, 0.2) is 36.9 Å².